The van der Waals surface area contributed by atoms with Crippen molar-refractivity contribution in [1.82, 2.24) is 5.32 Å². The Kier molecular flexibility index (Phi) is 35.6. The average molecular weight is 624 g/mol. The molecule has 0 aromatic carbocycles. The summed E-state index contributed by atoms with van der Waals surface area (Å²) in [5.74, 6) is -1.24. The summed E-state index contributed by atoms with van der Waals surface area (Å²) in [5.41, 5.74) is 0. The van der Waals surface area contributed by atoms with Gasteiger partial charge in [0.25, 0.3) is 0 Å². The maximum atomic E-state index is 11.4. The number of carbonyl (C=O) groups is 2. The molecule has 0 rings (SSSR count). The SMILES string of the molecule is CCCCCCCCCCOCCOCCOCCOCCOCCOCCOCCOCCCNC(=O)CCC(=O)O. The van der Waals surface area contributed by atoms with Crippen molar-refractivity contribution < 1.29 is 52.6 Å². The summed E-state index contributed by atoms with van der Waals surface area (Å²) in [4.78, 5) is 21.7. The van der Waals surface area contributed by atoms with Gasteiger partial charge in [-0.15, -0.1) is 0 Å². The molecule has 256 valence electrons. The van der Waals surface area contributed by atoms with Crippen molar-refractivity contribution in [3.8, 4) is 0 Å². The highest BCUT2D eigenvalue weighted by molar-refractivity contribution is 5.80. The number of aliphatic carboxylic acids is 1. The Bertz CT molecular complexity index is 584. The standard InChI is InChI=1S/C31H61NO11/c1-2-3-4-5-6-7-8-9-14-36-16-18-38-20-22-40-24-26-42-28-29-43-27-25-41-23-21-39-19-17-37-15-10-13-32-30(33)11-12-31(34)35/h2-29H2,1H3,(H,32,33)(H,34,35). The Hall–Kier alpha value is -1.38. The number of rotatable bonds is 37. The maximum absolute atomic E-state index is 11.4. The minimum Gasteiger partial charge on any atom is -0.481 e. The van der Waals surface area contributed by atoms with Crippen LogP contribution in [0.4, 0.5) is 0 Å². The summed E-state index contributed by atoms with van der Waals surface area (Å²) in [5, 5.41) is 11.2. The molecule has 0 aromatic heterocycles. The zero-order valence-corrected chi connectivity index (χ0v) is 26.8. The van der Waals surface area contributed by atoms with E-state index < -0.39 is 5.97 Å². The normalized spacial score (nSPS) is 11.3. The number of carboxylic acids is 1. The van der Waals surface area contributed by atoms with Crippen molar-refractivity contribution in [3.63, 3.8) is 0 Å². The lowest BCUT2D eigenvalue weighted by atomic mass is 10.1. The van der Waals surface area contributed by atoms with Gasteiger partial charge in [-0.3, -0.25) is 9.59 Å². The van der Waals surface area contributed by atoms with Crippen molar-refractivity contribution in [2.45, 2.75) is 77.6 Å². The highest BCUT2D eigenvalue weighted by atomic mass is 16.6. The molecule has 0 radical (unpaired) electrons. The summed E-state index contributed by atoms with van der Waals surface area (Å²) in [6.45, 7) is 11.3. The van der Waals surface area contributed by atoms with Gasteiger partial charge in [0.15, 0.2) is 0 Å². The van der Waals surface area contributed by atoms with Crippen molar-refractivity contribution >= 4 is 11.9 Å². The quantitative estimate of drug-likeness (QED) is 0.0981. The van der Waals surface area contributed by atoms with Crippen LogP contribution < -0.4 is 5.32 Å². The van der Waals surface area contributed by atoms with Crippen molar-refractivity contribution in [3.05, 3.63) is 0 Å². The third kappa shape index (κ3) is 38.6. The molecule has 12 heteroatoms. The number of ether oxygens (including phenoxy) is 8. The van der Waals surface area contributed by atoms with E-state index in [0.29, 0.717) is 112 Å². The van der Waals surface area contributed by atoms with Crippen LogP contribution in [0.15, 0.2) is 0 Å². The highest BCUT2D eigenvalue weighted by Gasteiger charge is 2.04. The van der Waals surface area contributed by atoms with Crippen LogP contribution in [-0.4, -0.2) is 129 Å². The highest BCUT2D eigenvalue weighted by Crippen LogP contribution is 2.08. The van der Waals surface area contributed by atoms with E-state index in [4.69, 9.17) is 43.0 Å². The molecule has 43 heavy (non-hydrogen) atoms. The summed E-state index contributed by atoms with van der Waals surface area (Å²) in [6, 6.07) is 0. The number of carbonyl (C=O) groups excluding carboxylic acids is 1. The second-order valence-electron chi connectivity index (χ2n) is 9.97. The van der Waals surface area contributed by atoms with Crippen LogP contribution in [0.25, 0.3) is 0 Å². The Balaban J connectivity index is 3.08. The third-order valence-corrected chi connectivity index (χ3v) is 6.10. The summed E-state index contributed by atoms with van der Waals surface area (Å²) in [7, 11) is 0. The van der Waals surface area contributed by atoms with Crippen LogP contribution in [-0.2, 0) is 47.5 Å². The van der Waals surface area contributed by atoms with Gasteiger partial charge >= 0.3 is 5.97 Å². The van der Waals surface area contributed by atoms with Gasteiger partial charge in [0.2, 0.25) is 5.91 Å². The lowest BCUT2D eigenvalue weighted by molar-refractivity contribution is -0.138. The summed E-state index contributed by atoms with van der Waals surface area (Å²) < 4.78 is 43.8. The predicted octanol–water partition coefficient (Wildman–Crippen LogP) is 3.63. The Labute approximate surface area is 259 Å². The van der Waals surface area contributed by atoms with Crippen LogP contribution in [0, 0.1) is 0 Å². The van der Waals surface area contributed by atoms with Gasteiger partial charge in [0.1, 0.15) is 0 Å². The van der Waals surface area contributed by atoms with Crippen LogP contribution in [0.3, 0.4) is 0 Å². The molecule has 0 fully saturated rings. The first kappa shape index (κ1) is 41.6. The monoisotopic (exact) mass is 623 g/mol. The van der Waals surface area contributed by atoms with Crippen molar-refractivity contribution in [2.24, 2.45) is 0 Å². The van der Waals surface area contributed by atoms with Crippen molar-refractivity contribution in [2.75, 3.05) is 112 Å². The zero-order chi connectivity index (χ0) is 31.3. The van der Waals surface area contributed by atoms with Gasteiger partial charge in [-0.2, -0.15) is 0 Å². The minimum atomic E-state index is -0.977. The number of amides is 1. The van der Waals surface area contributed by atoms with E-state index in [0.717, 1.165) is 13.0 Å². The molecule has 0 spiro atoms. The van der Waals surface area contributed by atoms with Gasteiger partial charge in [0.05, 0.1) is 98.9 Å². The van der Waals surface area contributed by atoms with Gasteiger partial charge in [-0.05, 0) is 12.8 Å². The zero-order valence-electron chi connectivity index (χ0n) is 26.8. The molecule has 0 saturated carbocycles. The van der Waals surface area contributed by atoms with Gasteiger partial charge < -0.3 is 48.3 Å². The van der Waals surface area contributed by atoms with E-state index in [1.165, 1.54) is 44.9 Å². The molecule has 0 heterocycles. The predicted molar refractivity (Wildman–Crippen MR) is 164 cm³/mol. The average Bonchev–Trinajstić information content (AvgIpc) is 3.00. The maximum Gasteiger partial charge on any atom is 0.303 e. The van der Waals surface area contributed by atoms with E-state index in [2.05, 4.69) is 12.2 Å². The molecule has 0 bridgehead atoms. The first-order valence-electron chi connectivity index (χ1n) is 16.3. The molecule has 0 atom stereocenters. The molecule has 0 saturated heterocycles. The van der Waals surface area contributed by atoms with E-state index in [1.54, 1.807) is 0 Å². The molecular weight excluding hydrogens is 562 g/mol. The molecule has 1 amide bonds. The van der Waals surface area contributed by atoms with Crippen LogP contribution >= 0.6 is 0 Å². The molecule has 0 unspecified atom stereocenters. The van der Waals surface area contributed by atoms with E-state index in [9.17, 15) is 9.59 Å². The second-order valence-corrected chi connectivity index (χ2v) is 9.97. The smallest absolute Gasteiger partial charge is 0.303 e. The molecule has 0 aromatic rings. The molecule has 2 N–H and O–H groups in total. The molecular formula is C31H61NO11. The van der Waals surface area contributed by atoms with Gasteiger partial charge in [-0.1, -0.05) is 51.9 Å². The Morgan fingerprint density at radius 3 is 1.14 bits per heavy atom. The van der Waals surface area contributed by atoms with Crippen LogP contribution in [0.1, 0.15) is 77.6 Å². The number of hydrogen-bond donors (Lipinski definition) is 2. The second kappa shape index (κ2) is 36.8. The van der Waals surface area contributed by atoms with Crippen LogP contribution in [0.2, 0.25) is 0 Å². The van der Waals surface area contributed by atoms with Gasteiger partial charge in [0, 0.05) is 26.2 Å². The molecule has 0 aliphatic heterocycles. The minimum absolute atomic E-state index is 0.00364. The van der Waals surface area contributed by atoms with E-state index in [1.807, 2.05) is 0 Å². The first-order chi connectivity index (χ1) is 21.2. The number of carboxylic acid groups (broad SMARTS) is 1. The number of unbranched alkanes of at least 4 members (excludes halogenated alkanes) is 7. The lowest BCUT2D eigenvalue weighted by Gasteiger charge is -2.09. The largest absolute Gasteiger partial charge is 0.481 e. The Morgan fingerprint density at radius 2 is 0.767 bits per heavy atom. The molecule has 0 aliphatic carbocycles. The summed E-state index contributed by atoms with van der Waals surface area (Å²) in [6.07, 6.45) is 11.0. The molecule has 12 nitrogen and oxygen atoms in total. The third-order valence-electron chi connectivity index (χ3n) is 6.10. The van der Waals surface area contributed by atoms with E-state index >= 15 is 0 Å². The van der Waals surface area contributed by atoms with Crippen LogP contribution in [0.5, 0.6) is 0 Å². The number of hydrogen-bond acceptors (Lipinski definition) is 10. The fourth-order valence-corrected chi connectivity index (χ4v) is 3.69. The fraction of sp³-hybridized carbons (Fsp3) is 0.935. The first-order valence-corrected chi connectivity index (χ1v) is 16.3. The number of nitrogens with one attached hydrogen (secondary N) is 1. The van der Waals surface area contributed by atoms with Gasteiger partial charge in [-0.25, -0.2) is 0 Å². The fourth-order valence-electron chi connectivity index (χ4n) is 3.69. The summed E-state index contributed by atoms with van der Waals surface area (Å²) >= 11 is 0. The van der Waals surface area contributed by atoms with E-state index in [-0.39, 0.29) is 18.7 Å². The van der Waals surface area contributed by atoms with Crippen molar-refractivity contribution in [1.29, 1.82) is 0 Å². The lowest BCUT2D eigenvalue weighted by Crippen LogP contribution is -2.25. The molecule has 0 aliphatic rings. The Morgan fingerprint density at radius 1 is 0.442 bits per heavy atom. The topological polar surface area (TPSA) is 140 Å².